The highest BCUT2D eigenvalue weighted by atomic mass is 19.2. The number of aryl methyl sites for hydroxylation is 1. The predicted octanol–water partition coefficient (Wildman–Crippen LogP) is 1.91. The number of carbonyl (C=O) groups is 1. The smallest absolute Gasteiger partial charge is 0.335 e. The summed E-state index contributed by atoms with van der Waals surface area (Å²) in [5.74, 6) is -3.95. The number of halogens is 5. The maximum atomic E-state index is 13.9. The van der Waals surface area contributed by atoms with Crippen molar-refractivity contribution in [3.63, 3.8) is 0 Å². The highest BCUT2D eigenvalue weighted by Crippen LogP contribution is 2.27. The number of carbonyl (C=O) groups excluding carboxylic acids is 1. The third kappa shape index (κ3) is 3.42. The van der Waals surface area contributed by atoms with Crippen LogP contribution in [0, 0.1) is 17.5 Å². The first kappa shape index (κ1) is 19.6. The van der Waals surface area contributed by atoms with Gasteiger partial charge in [0, 0.05) is 18.1 Å². The Morgan fingerprint density at radius 2 is 1.72 bits per heavy atom. The molecule has 156 valence electrons. The monoisotopic (exact) mass is 416 g/mol. The van der Waals surface area contributed by atoms with Gasteiger partial charge in [-0.05, 0) is 18.9 Å². The summed E-state index contributed by atoms with van der Waals surface area (Å²) in [7, 11) is 0. The number of hydrogen-bond acceptors (Lipinski definition) is 3. The van der Waals surface area contributed by atoms with Crippen molar-refractivity contribution < 1.29 is 26.7 Å². The Hall–Kier alpha value is -2.72. The van der Waals surface area contributed by atoms with Crippen LogP contribution in [0.1, 0.15) is 30.3 Å². The van der Waals surface area contributed by atoms with Gasteiger partial charge < -0.3 is 4.90 Å². The summed E-state index contributed by atoms with van der Waals surface area (Å²) in [4.78, 5) is 26.6. The lowest BCUT2D eigenvalue weighted by atomic mass is 10.0. The van der Waals surface area contributed by atoms with Crippen molar-refractivity contribution in [2.75, 3.05) is 13.1 Å². The van der Waals surface area contributed by atoms with Crippen molar-refractivity contribution in [3.8, 4) is 0 Å². The SMILES string of the molecule is O=C([C@@H]1CCCc2nn(Cc3cc(F)c(F)cc3F)c(=O)n21)N1C[C@@H](F)[C@@H](F)C1. The highest BCUT2D eigenvalue weighted by Gasteiger charge is 2.40. The lowest BCUT2D eigenvalue weighted by Crippen LogP contribution is -2.42. The molecule has 0 bridgehead atoms. The van der Waals surface area contributed by atoms with Crippen molar-refractivity contribution in [3.05, 3.63) is 51.5 Å². The number of alkyl halides is 2. The molecule has 11 heteroatoms. The predicted molar refractivity (Wildman–Crippen MR) is 90.3 cm³/mol. The van der Waals surface area contributed by atoms with Crippen molar-refractivity contribution in [1.29, 1.82) is 0 Å². The lowest BCUT2D eigenvalue weighted by molar-refractivity contribution is -0.134. The molecule has 2 aliphatic rings. The summed E-state index contributed by atoms with van der Waals surface area (Å²) in [6.07, 6.45) is -2.33. The Labute approximate surface area is 161 Å². The summed E-state index contributed by atoms with van der Waals surface area (Å²) >= 11 is 0. The van der Waals surface area contributed by atoms with Gasteiger partial charge in [0.2, 0.25) is 5.91 Å². The molecule has 0 radical (unpaired) electrons. The van der Waals surface area contributed by atoms with Gasteiger partial charge in [0.15, 0.2) is 24.0 Å². The van der Waals surface area contributed by atoms with Gasteiger partial charge in [0.05, 0.1) is 19.6 Å². The first-order valence-corrected chi connectivity index (χ1v) is 9.15. The van der Waals surface area contributed by atoms with Crippen LogP contribution in [0.3, 0.4) is 0 Å². The van der Waals surface area contributed by atoms with E-state index >= 15 is 0 Å². The molecule has 0 saturated carbocycles. The molecule has 0 unspecified atom stereocenters. The molecule has 1 fully saturated rings. The molecule has 2 aliphatic heterocycles. The fourth-order valence-electron chi connectivity index (χ4n) is 3.83. The maximum absolute atomic E-state index is 13.9. The average Bonchev–Trinajstić information content (AvgIpc) is 3.18. The third-order valence-corrected chi connectivity index (χ3v) is 5.32. The van der Waals surface area contributed by atoms with Crippen LogP contribution in [0.2, 0.25) is 0 Å². The second-order valence-corrected chi connectivity index (χ2v) is 7.27. The normalized spacial score (nSPS) is 24.0. The number of fused-ring (bicyclic) bond motifs is 1. The second-order valence-electron chi connectivity index (χ2n) is 7.27. The van der Waals surface area contributed by atoms with E-state index in [2.05, 4.69) is 5.10 Å². The summed E-state index contributed by atoms with van der Waals surface area (Å²) in [6, 6.07) is 0.0596. The maximum Gasteiger partial charge on any atom is 0.346 e. The zero-order chi connectivity index (χ0) is 20.9. The van der Waals surface area contributed by atoms with Gasteiger partial charge in [-0.15, -0.1) is 0 Å². The molecule has 3 heterocycles. The first-order chi connectivity index (χ1) is 13.8. The number of aromatic nitrogens is 3. The van der Waals surface area contributed by atoms with Crippen LogP contribution in [0.4, 0.5) is 22.0 Å². The van der Waals surface area contributed by atoms with Gasteiger partial charge in [0.25, 0.3) is 0 Å². The summed E-state index contributed by atoms with van der Waals surface area (Å²) < 4.78 is 69.4. The summed E-state index contributed by atoms with van der Waals surface area (Å²) in [6.45, 7) is -1.21. The molecule has 3 atom stereocenters. The molecule has 1 aromatic carbocycles. The molecule has 1 saturated heterocycles. The number of hydrogen-bond donors (Lipinski definition) is 0. The van der Waals surface area contributed by atoms with Crippen LogP contribution in [-0.4, -0.2) is 50.6 Å². The van der Waals surface area contributed by atoms with Crippen LogP contribution in [0.5, 0.6) is 0 Å². The van der Waals surface area contributed by atoms with E-state index in [-0.39, 0.29) is 24.5 Å². The molecule has 0 aliphatic carbocycles. The Morgan fingerprint density at radius 1 is 1.07 bits per heavy atom. The molecular weight excluding hydrogens is 399 g/mol. The van der Waals surface area contributed by atoms with Gasteiger partial charge in [-0.1, -0.05) is 0 Å². The van der Waals surface area contributed by atoms with Crippen molar-refractivity contribution in [2.24, 2.45) is 0 Å². The Kier molecular flexibility index (Phi) is 4.91. The van der Waals surface area contributed by atoms with E-state index < -0.39 is 54.0 Å². The molecule has 6 nitrogen and oxygen atoms in total. The van der Waals surface area contributed by atoms with E-state index in [4.69, 9.17) is 0 Å². The quantitative estimate of drug-likeness (QED) is 0.568. The highest BCUT2D eigenvalue weighted by molar-refractivity contribution is 5.81. The Bertz CT molecular complexity index is 1010. The van der Waals surface area contributed by atoms with E-state index in [9.17, 15) is 31.5 Å². The minimum atomic E-state index is -1.77. The molecule has 4 rings (SSSR count). The number of benzene rings is 1. The van der Waals surface area contributed by atoms with E-state index in [0.29, 0.717) is 31.4 Å². The van der Waals surface area contributed by atoms with Crippen LogP contribution in [0.15, 0.2) is 16.9 Å². The molecule has 1 amide bonds. The summed E-state index contributed by atoms with van der Waals surface area (Å²) in [5.41, 5.74) is -1.00. The fourth-order valence-corrected chi connectivity index (χ4v) is 3.83. The van der Waals surface area contributed by atoms with Gasteiger partial charge in [-0.25, -0.2) is 31.4 Å². The van der Waals surface area contributed by atoms with E-state index in [0.717, 1.165) is 14.1 Å². The second kappa shape index (κ2) is 7.27. The summed E-state index contributed by atoms with van der Waals surface area (Å²) in [5, 5.41) is 4.09. The van der Waals surface area contributed by atoms with Gasteiger partial charge >= 0.3 is 5.69 Å². The Morgan fingerprint density at radius 3 is 2.41 bits per heavy atom. The van der Waals surface area contributed by atoms with Crippen LogP contribution >= 0.6 is 0 Å². The molecular formula is C18H17F5N4O2. The number of likely N-dealkylation sites (tertiary alicyclic amines) is 1. The number of rotatable bonds is 3. The molecule has 2 aromatic rings. The van der Waals surface area contributed by atoms with Crippen molar-refractivity contribution in [1.82, 2.24) is 19.2 Å². The average molecular weight is 416 g/mol. The Balaban J connectivity index is 1.64. The third-order valence-electron chi connectivity index (χ3n) is 5.32. The van der Waals surface area contributed by atoms with Crippen molar-refractivity contribution >= 4 is 5.91 Å². The molecule has 0 spiro atoms. The topological polar surface area (TPSA) is 60.1 Å². The van der Waals surface area contributed by atoms with Crippen LogP contribution in [0.25, 0.3) is 0 Å². The fraction of sp³-hybridized carbons (Fsp3) is 0.500. The molecule has 0 N–H and O–H groups in total. The van der Waals surface area contributed by atoms with E-state index in [1.807, 2.05) is 0 Å². The number of nitrogens with zero attached hydrogens (tertiary/aromatic N) is 4. The van der Waals surface area contributed by atoms with Gasteiger partial charge in [-0.3, -0.25) is 9.36 Å². The molecule has 1 aromatic heterocycles. The number of amides is 1. The first-order valence-electron chi connectivity index (χ1n) is 9.15. The molecule has 29 heavy (non-hydrogen) atoms. The minimum absolute atomic E-state index is 0.274. The van der Waals surface area contributed by atoms with E-state index in [1.165, 1.54) is 0 Å². The zero-order valence-electron chi connectivity index (χ0n) is 15.1. The largest absolute Gasteiger partial charge is 0.346 e. The van der Waals surface area contributed by atoms with Gasteiger partial charge in [-0.2, -0.15) is 5.10 Å². The van der Waals surface area contributed by atoms with Gasteiger partial charge in [0.1, 0.15) is 17.7 Å². The van der Waals surface area contributed by atoms with Crippen molar-refractivity contribution in [2.45, 2.75) is 44.2 Å². The van der Waals surface area contributed by atoms with Crippen LogP contribution in [-0.2, 0) is 17.8 Å². The standard InChI is InChI=1S/C18H17F5N4O2/c19-10-5-12(21)11(20)4-9(10)6-26-18(29)27-15(2-1-3-16(27)24-26)17(28)25-7-13(22)14(23)8-25/h4-5,13-15H,1-3,6-8H2/t13-,14+,15-/m0/s1. The minimum Gasteiger partial charge on any atom is -0.335 e. The van der Waals surface area contributed by atoms with Crippen LogP contribution < -0.4 is 5.69 Å². The van der Waals surface area contributed by atoms with E-state index in [1.54, 1.807) is 0 Å². The lowest BCUT2D eigenvalue weighted by Gasteiger charge is -2.26. The zero-order valence-corrected chi connectivity index (χ0v) is 15.1.